The van der Waals surface area contributed by atoms with Gasteiger partial charge in [-0.3, -0.25) is 14.6 Å². The van der Waals surface area contributed by atoms with Crippen LogP contribution >= 0.6 is 0 Å². The molecule has 32 heavy (non-hydrogen) atoms. The van der Waals surface area contributed by atoms with Crippen LogP contribution in [0.25, 0.3) is 0 Å². The normalized spacial score (nSPS) is 19.9. The summed E-state index contributed by atoms with van der Waals surface area (Å²) in [5.74, 6) is 0.366. The molecule has 170 valence electrons. The maximum Gasteiger partial charge on any atom is 0.274 e. The van der Waals surface area contributed by atoms with Gasteiger partial charge in [0.15, 0.2) is 0 Å². The summed E-state index contributed by atoms with van der Waals surface area (Å²) in [7, 11) is 0. The number of likely N-dealkylation sites (tertiary alicyclic amines) is 1. The molecule has 1 aromatic carbocycles. The van der Waals surface area contributed by atoms with Crippen molar-refractivity contribution in [3.05, 3.63) is 54.1 Å². The van der Waals surface area contributed by atoms with Crippen LogP contribution in [-0.2, 0) is 4.74 Å². The summed E-state index contributed by atoms with van der Waals surface area (Å²) < 4.78 is 11.9. The second kappa shape index (κ2) is 10.5. The molecule has 8 heteroatoms. The van der Waals surface area contributed by atoms with Gasteiger partial charge in [-0.25, -0.2) is 4.98 Å². The topological polar surface area (TPSA) is 93.7 Å². The molecule has 1 aromatic heterocycles. The van der Waals surface area contributed by atoms with Gasteiger partial charge in [0.05, 0.1) is 25.0 Å². The fourth-order valence-electron chi connectivity index (χ4n) is 4.37. The molecule has 1 N–H and O–H groups in total. The molecule has 0 bridgehead atoms. The Hall–Kier alpha value is -3.00. The largest absolute Gasteiger partial charge is 0.492 e. The number of aromatic nitrogens is 2. The van der Waals surface area contributed by atoms with E-state index in [1.165, 1.54) is 6.20 Å². The minimum atomic E-state index is -0.153. The number of ether oxygens (including phenoxy) is 2. The van der Waals surface area contributed by atoms with Crippen molar-refractivity contribution in [2.24, 2.45) is 5.41 Å². The lowest BCUT2D eigenvalue weighted by Crippen LogP contribution is -2.46. The van der Waals surface area contributed by atoms with Gasteiger partial charge in [-0.05, 0) is 37.8 Å². The quantitative estimate of drug-likeness (QED) is 0.736. The molecule has 2 aromatic rings. The number of amides is 2. The first-order valence-electron chi connectivity index (χ1n) is 11.3. The lowest BCUT2D eigenvalue weighted by atomic mass is 9.75. The van der Waals surface area contributed by atoms with E-state index in [4.69, 9.17) is 9.47 Å². The van der Waals surface area contributed by atoms with E-state index in [-0.39, 0.29) is 17.2 Å². The number of carbonyl (C=O) groups excluding carboxylic acids is 2. The minimum Gasteiger partial charge on any atom is -0.492 e. The first kappa shape index (κ1) is 22.2. The van der Waals surface area contributed by atoms with E-state index in [0.717, 1.165) is 32.1 Å². The van der Waals surface area contributed by atoms with Crippen LogP contribution in [0.1, 0.15) is 53.0 Å². The fraction of sp³-hybridized carbons (Fsp3) is 0.500. The minimum absolute atomic E-state index is 0.0488. The molecule has 1 fully saturated rings. The Morgan fingerprint density at radius 1 is 1.06 bits per heavy atom. The Bertz CT molecular complexity index is 913. The average Bonchev–Trinajstić information content (AvgIpc) is 2.84. The van der Waals surface area contributed by atoms with Crippen molar-refractivity contribution in [1.29, 1.82) is 0 Å². The predicted molar refractivity (Wildman–Crippen MR) is 119 cm³/mol. The highest BCUT2D eigenvalue weighted by atomic mass is 16.5. The molecule has 2 aliphatic heterocycles. The molecule has 1 spiro atoms. The predicted octanol–water partition coefficient (Wildman–Crippen LogP) is 2.71. The molecular weight excluding hydrogens is 408 g/mol. The summed E-state index contributed by atoms with van der Waals surface area (Å²) in [6.45, 7) is 3.48. The van der Waals surface area contributed by atoms with Gasteiger partial charge in [-0.1, -0.05) is 18.6 Å². The highest BCUT2D eigenvalue weighted by molar-refractivity contribution is 5.96. The monoisotopic (exact) mass is 438 g/mol. The van der Waals surface area contributed by atoms with Crippen molar-refractivity contribution < 1.29 is 19.1 Å². The summed E-state index contributed by atoms with van der Waals surface area (Å²) in [5, 5.41) is 2.90. The number of hydrogen-bond donors (Lipinski definition) is 1. The Balaban J connectivity index is 1.47. The number of para-hydroxylation sites is 1. The molecule has 2 aliphatic rings. The summed E-state index contributed by atoms with van der Waals surface area (Å²) in [6, 6.07) is 7.35. The highest BCUT2D eigenvalue weighted by Gasteiger charge is 2.37. The standard InChI is InChI=1S/C24H30N4O4/c29-22-19-5-1-2-6-21(19)32-18-24(7-3-4-15-31-16-12-27-22)8-13-28(14-9-24)23(30)20-17-25-10-11-26-20/h1-2,5-6,10-11,17H,3-4,7-9,12-16,18H2,(H,27,29). The molecule has 8 nitrogen and oxygen atoms in total. The number of benzene rings is 1. The zero-order valence-electron chi connectivity index (χ0n) is 18.3. The van der Waals surface area contributed by atoms with E-state index in [2.05, 4.69) is 15.3 Å². The third kappa shape index (κ3) is 5.43. The highest BCUT2D eigenvalue weighted by Crippen LogP contribution is 2.38. The van der Waals surface area contributed by atoms with Gasteiger partial charge < -0.3 is 19.7 Å². The second-order valence-corrected chi connectivity index (χ2v) is 8.49. The van der Waals surface area contributed by atoms with Crippen molar-refractivity contribution >= 4 is 11.8 Å². The van der Waals surface area contributed by atoms with Crippen molar-refractivity contribution in [3.63, 3.8) is 0 Å². The molecule has 0 unspecified atom stereocenters. The maximum atomic E-state index is 12.8. The Kier molecular flexibility index (Phi) is 7.32. The summed E-state index contributed by atoms with van der Waals surface area (Å²) >= 11 is 0. The maximum absolute atomic E-state index is 12.8. The third-order valence-corrected chi connectivity index (χ3v) is 6.34. The zero-order chi connectivity index (χ0) is 22.2. The van der Waals surface area contributed by atoms with E-state index in [1.54, 1.807) is 18.5 Å². The number of piperidine rings is 1. The van der Waals surface area contributed by atoms with Gasteiger partial charge in [0.1, 0.15) is 11.4 Å². The first-order valence-corrected chi connectivity index (χ1v) is 11.3. The molecule has 3 heterocycles. The van der Waals surface area contributed by atoms with Crippen LogP contribution in [-0.4, -0.2) is 66.1 Å². The number of hydrogen-bond acceptors (Lipinski definition) is 6. The fourth-order valence-corrected chi connectivity index (χ4v) is 4.37. The van der Waals surface area contributed by atoms with E-state index in [1.807, 2.05) is 23.1 Å². The third-order valence-electron chi connectivity index (χ3n) is 6.34. The van der Waals surface area contributed by atoms with Gasteiger partial charge in [-0.2, -0.15) is 0 Å². The molecule has 4 rings (SSSR count). The van der Waals surface area contributed by atoms with Crippen LogP contribution in [0.3, 0.4) is 0 Å². The Morgan fingerprint density at radius 2 is 1.91 bits per heavy atom. The molecule has 2 amide bonds. The second-order valence-electron chi connectivity index (χ2n) is 8.49. The van der Waals surface area contributed by atoms with Crippen LogP contribution in [0.5, 0.6) is 5.75 Å². The molecule has 0 atom stereocenters. The van der Waals surface area contributed by atoms with Crippen LogP contribution in [0.15, 0.2) is 42.9 Å². The van der Waals surface area contributed by atoms with E-state index in [9.17, 15) is 9.59 Å². The zero-order valence-corrected chi connectivity index (χ0v) is 18.3. The van der Waals surface area contributed by atoms with E-state index in [0.29, 0.717) is 56.5 Å². The van der Waals surface area contributed by atoms with Crippen molar-refractivity contribution in [1.82, 2.24) is 20.2 Å². The van der Waals surface area contributed by atoms with Gasteiger partial charge in [0.2, 0.25) is 0 Å². The molecule has 0 radical (unpaired) electrons. The first-order chi connectivity index (χ1) is 15.7. The number of carbonyl (C=O) groups is 2. The molecule has 0 aliphatic carbocycles. The smallest absolute Gasteiger partial charge is 0.274 e. The Morgan fingerprint density at radius 3 is 2.72 bits per heavy atom. The number of rotatable bonds is 1. The van der Waals surface area contributed by atoms with Crippen molar-refractivity contribution in [3.8, 4) is 5.75 Å². The van der Waals surface area contributed by atoms with Crippen LogP contribution in [0, 0.1) is 5.41 Å². The van der Waals surface area contributed by atoms with E-state index < -0.39 is 0 Å². The number of nitrogens with zero attached hydrogens (tertiary/aromatic N) is 3. The summed E-state index contributed by atoms with van der Waals surface area (Å²) in [4.78, 5) is 35.4. The van der Waals surface area contributed by atoms with Crippen molar-refractivity contribution in [2.75, 3.05) is 39.5 Å². The molecular formula is C24H30N4O4. The SMILES string of the molecule is O=C1NCCOCCCCC2(CCN(C(=O)c3cnccn3)CC2)COc2ccccc21. The lowest BCUT2D eigenvalue weighted by molar-refractivity contribution is 0.0337. The Labute approximate surface area is 188 Å². The van der Waals surface area contributed by atoms with Gasteiger partial charge in [-0.15, -0.1) is 0 Å². The van der Waals surface area contributed by atoms with Crippen LogP contribution in [0.4, 0.5) is 0 Å². The average molecular weight is 439 g/mol. The van der Waals surface area contributed by atoms with Crippen LogP contribution in [0.2, 0.25) is 0 Å². The van der Waals surface area contributed by atoms with Gasteiger partial charge >= 0.3 is 0 Å². The van der Waals surface area contributed by atoms with Gasteiger partial charge in [0, 0.05) is 44.0 Å². The summed E-state index contributed by atoms with van der Waals surface area (Å²) in [6.07, 6.45) is 9.31. The van der Waals surface area contributed by atoms with Crippen LogP contribution < -0.4 is 10.1 Å². The number of fused-ring (bicyclic) bond motifs is 1. The van der Waals surface area contributed by atoms with Gasteiger partial charge in [0.25, 0.3) is 11.8 Å². The van der Waals surface area contributed by atoms with Crippen molar-refractivity contribution in [2.45, 2.75) is 32.1 Å². The molecule has 1 saturated heterocycles. The molecule has 0 saturated carbocycles. The van der Waals surface area contributed by atoms with E-state index >= 15 is 0 Å². The number of nitrogens with one attached hydrogen (secondary N) is 1. The summed E-state index contributed by atoms with van der Waals surface area (Å²) in [5.41, 5.74) is 0.866. The lowest BCUT2D eigenvalue weighted by Gasteiger charge is -2.41.